The van der Waals surface area contributed by atoms with Crippen LogP contribution in [0.3, 0.4) is 0 Å². The molecule has 2 unspecified atom stereocenters. The molecular formula is C18H21ClN2O4. The third-order valence-corrected chi connectivity index (χ3v) is 6.02. The average molecular weight is 365 g/mol. The minimum absolute atomic E-state index is 0.348. The first kappa shape index (κ1) is 16.8. The SMILES string of the molecule is O=C(COC(=O)C12CC3CC(CC(O)(C3)C1)C2)Nc1ccc(Cl)cn1. The highest BCUT2D eigenvalue weighted by Crippen LogP contribution is 2.61. The number of esters is 1. The molecule has 0 aliphatic heterocycles. The van der Waals surface area contributed by atoms with Crippen LogP contribution in [0.4, 0.5) is 5.82 Å². The van der Waals surface area contributed by atoms with E-state index in [0.717, 1.165) is 32.1 Å². The van der Waals surface area contributed by atoms with Gasteiger partial charge in [0.25, 0.3) is 5.91 Å². The molecule has 6 nitrogen and oxygen atoms in total. The Hall–Kier alpha value is -1.66. The van der Waals surface area contributed by atoms with Crippen molar-refractivity contribution in [2.45, 2.75) is 44.1 Å². The zero-order valence-electron chi connectivity index (χ0n) is 13.8. The molecule has 5 rings (SSSR count). The summed E-state index contributed by atoms with van der Waals surface area (Å²) in [6.45, 7) is -0.349. The summed E-state index contributed by atoms with van der Waals surface area (Å²) >= 11 is 5.75. The zero-order valence-corrected chi connectivity index (χ0v) is 14.6. The molecule has 25 heavy (non-hydrogen) atoms. The third kappa shape index (κ3) is 3.25. The summed E-state index contributed by atoms with van der Waals surface area (Å²) in [5.41, 5.74) is -1.34. The Labute approximate surface area is 150 Å². The first-order chi connectivity index (χ1) is 11.9. The van der Waals surface area contributed by atoms with Crippen LogP contribution in [0.1, 0.15) is 38.5 Å². The smallest absolute Gasteiger partial charge is 0.312 e. The van der Waals surface area contributed by atoms with Crippen LogP contribution >= 0.6 is 11.6 Å². The molecule has 4 aliphatic carbocycles. The molecule has 1 aromatic heterocycles. The van der Waals surface area contributed by atoms with Crippen LogP contribution in [0.2, 0.25) is 5.02 Å². The molecule has 7 heteroatoms. The highest BCUT2D eigenvalue weighted by Gasteiger charge is 2.60. The Morgan fingerprint density at radius 1 is 1.28 bits per heavy atom. The number of ether oxygens (including phenoxy) is 1. The van der Waals surface area contributed by atoms with Crippen molar-refractivity contribution in [2.75, 3.05) is 11.9 Å². The Morgan fingerprint density at radius 2 is 2.00 bits per heavy atom. The largest absolute Gasteiger partial charge is 0.455 e. The van der Waals surface area contributed by atoms with Gasteiger partial charge < -0.3 is 15.2 Å². The van der Waals surface area contributed by atoms with Gasteiger partial charge in [-0.3, -0.25) is 9.59 Å². The summed E-state index contributed by atoms with van der Waals surface area (Å²) in [6, 6.07) is 3.20. The van der Waals surface area contributed by atoms with Crippen molar-refractivity contribution in [1.29, 1.82) is 0 Å². The number of aromatic nitrogens is 1. The Kier molecular flexibility index (Phi) is 4.00. The fourth-order valence-corrected chi connectivity index (χ4v) is 5.48. The van der Waals surface area contributed by atoms with Crippen molar-refractivity contribution in [1.82, 2.24) is 4.98 Å². The van der Waals surface area contributed by atoms with E-state index in [2.05, 4.69) is 10.3 Å². The molecule has 2 N–H and O–H groups in total. The summed E-state index contributed by atoms with van der Waals surface area (Å²) in [5.74, 6) is 0.359. The van der Waals surface area contributed by atoms with Crippen LogP contribution in [0.5, 0.6) is 0 Å². The predicted octanol–water partition coefficient (Wildman–Crippen LogP) is 2.55. The van der Waals surface area contributed by atoms with E-state index in [1.165, 1.54) is 6.20 Å². The lowest BCUT2D eigenvalue weighted by Gasteiger charge is -2.58. The molecular weight excluding hydrogens is 344 g/mol. The van der Waals surface area contributed by atoms with E-state index >= 15 is 0 Å². The van der Waals surface area contributed by atoms with Crippen LogP contribution in [0.25, 0.3) is 0 Å². The number of pyridine rings is 1. The summed E-state index contributed by atoms with van der Waals surface area (Å²) in [7, 11) is 0. The van der Waals surface area contributed by atoms with Gasteiger partial charge in [0.05, 0.1) is 16.0 Å². The summed E-state index contributed by atoms with van der Waals surface area (Å²) < 4.78 is 5.31. The topological polar surface area (TPSA) is 88.5 Å². The number of rotatable bonds is 4. The van der Waals surface area contributed by atoms with Crippen molar-refractivity contribution in [3.63, 3.8) is 0 Å². The molecule has 0 radical (unpaired) electrons. The number of nitrogens with one attached hydrogen (secondary N) is 1. The molecule has 1 aromatic rings. The fraction of sp³-hybridized carbons (Fsp3) is 0.611. The van der Waals surface area contributed by atoms with E-state index in [4.69, 9.17) is 16.3 Å². The van der Waals surface area contributed by atoms with E-state index in [9.17, 15) is 14.7 Å². The third-order valence-electron chi connectivity index (χ3n) is 5.79. The van der Waals surface area contributed by atoms with Crippen molar-refractivity contribution >= 4 is 29.3 Å². The zero-order chi connectivity index (χ0) is 17.7. The number of anilines is 1. The maximum Gasteiger partial charge on any atom is 0.312 e. The normalized spacial score (nSPS) is 35.4. The molecule has 4 aliphatic rings. The Bertz CT molecular complexity index is 692. The number of aliphatic hydroxyl groups is 1. The number of amides is 1. The molecule has 0 aromatic carbocycles. The monoisotopic (exact) mass is 364 g/mol. The van der Waals surface area contributed by atoms with Crippen LogP contribution in [-0.2, 0) is 14.3 Å². The minimum atomic E-state index is -0.724. The standard InChI is InChI=1S/C18H21ClN2O4/c19-13-1-2-14(20-8-13)21-15(22)9-25-16(23)17-4-11-3-12(5-17)7-18(24,6-11)10-17/h1-2,8,11-12,24H,3-7,9-10H2,(H,20,21,22). The predicted molar refractivity (Wildman–Crippen MR) is 90.9 cm³/mol. The lowest BCUT2D eigenvalue weighted by molar-refractivity contribution is -0.196. The molecule has 134 valence electrons. The van der Waals surface area contributed by atoms with Crippen molar-refractivity contribution in [2.24, 2.45) is 17.3 Å². The van der Waals surface area contributed by atoms with E-state index < -0.39 is 16.9 Å². The van der Waals surface area contributed by atoms with Crippen molar-refractivity contribution in [3.05, 3.63) is 23.4 Å². The lowest BCUT2D eigenvalue weighted by atomic mass is 9.48. The van der Waals surface area contributed by atoms with E-state index in [0.29, 0.717) is 29.1 Å². The lowest BCUT2D eigenvalue weighted by Crippen LogP contribution is -2.58. The molecule has 1 heterocycles. The quantitative estimate of drug-likeness (QED) is 0.801. The Balaban J connectivity index is 1.36. The van der Waals surface area contributed by atoms with Crippen molar-refractivity contribution in [3.8, 4) is 0 Å². The van der Waals surface area contributed by atoms with E-state index in [-0.39, 0.29) is 12.6 Å². The molecule has 4 fully saturated rings. The van der Waals surface area contributed by atoms with E-state index in [1.807, 2.05) is 0 Å². The van der Waals surface area contributed by atoms with Crippen LogP contribution in [-0.4, -0.2) is 34.2 Å². The van der Waals surface area contributed by atoms with Crippen LogP contribution in [0.15, 0.2) is 18.3 Å². The van der Waals surface area contributed by atoms with Gasteiger partial charge in [-0.15, -0.1) is 0 Å². The molecule has 4 saturated carbocycles. The second kappa shape index (κ2) is 5.95. The van der Waals surface area contributed by atoms with Gasteiger partial charge in [0.2, 0.25) is 0 Å². The number of hydrogen-bond acceptors (Lipinski definition) is 5. The number of halogens is 1. The van der Waals surface area contributed by atoms with Gasteiger partial charge in [-0.2, -0.15) is 0 Å². The van der Waals surface area contributed by atoms with Crippen LogP contribution < -0.4 is 5.32 Å². The first-order valence-electron chi connectivity index (χ1n) is 8.67. The second-order valence-corrected chi connectivity index (χ2v) is 8.39. The summed E-state index contributed by atoms with van der Waals surface area (Å²) in [6.07, 6.45) is 6.12. The summed E-state index contributed by atoms with van der Waals surface area (Å²) in [5, 5.41) is 13.8. The van der Waals surface area contributed by atoms with Gasteiger partial charge in [0.15, 0.2) is 6.61 Å². The van der Waals surface area contributed by atoms with Gasteiger partial charge >= 0.3 is 5.97 Å². The Morgan fingerprint density at radius 3 is 2.60 bits per heavy atom. The van der Waals surface area contributed by atoms with Gasteiger partial charge in [-0.25, -0.2) is 4.98 Å². The fourth-order valence-electron chi connectivity index (χ4n) is 5.37. The molecule has 0 saturated heterocycles. The van der Waals surface area contributed by atoms with Gasteiger partial charge in [0.1, 0.15) is 5.82 Å². The van der Waals surface area contributed by atoms with Crippen LogP contribution in [0, 0.1) is 17.3 Å². The highest BCUT2D eigenvalue weighted by atomic mass is 35.5. The van der Waals surface area contributed by atoms with Crippen molar-refractivity contribution < 1.29 is 19.4 Å². The molecule has 1 amide bonds. The highest BCUT2D eigenvalue weighted by molar-refractivity contribution is 6.30. The number of nitrogens with zero attached hydrogens (tertiary/aromatic N) is 1. The maximum atomic E-state index is 12.7. The molecule has 4 bridgehead atoms. The number of carbonyl (C=O) groups is 2. The van der Waals surface area contributed by atoms with Gasteiger partial charge in [-0.05, 0) is 62.5 Å². The van der Waals surface area contributed by atoms with E-state index in [1.54, 1.807) is 12.1 Å². The van der Waals surface area contributed by atoms with Gasteiger partial charge in [-0.1, -0.05) is 11.6 Å². The first-order valence-corrected chi connectivity index (χ1v) is 9.05. The molecule has 0 spiro atoms. The second-order valence-electron chi connectivity index (χ2n) is 7.95. The summed E-state index contributed by atoms with van der Waals surface area (Å²) in [4.78, 5) is 28.6. The van der Waals surface area contributed by atoms with Gasteiger partial charge in [0, 0.05) is 6.20 Å². The minimum Gasteiger partial charge on any atom is -0.455 e. The maximum absolute atomic E-state index is 12.7. The number of carbonyl (C=O) groups excluding carboxylic acids is 2. The average Bonchev–Trinajstić information content (AvgIpc) is 2.52. The number of hydrogen-bond donors (Lipinski definition) is 2. The molecule has 2 atom stereocenters.